The first kappa shape index (κ1) is 22.7. The van der Waals surface area contributed by atoms with Crippen molar-refractivity contribution in [2.45, 2.75) is 37.4 Å². The molecule has 1 aromatic heterocycles. The van der Waals surface area contributed by atoms with E-state index in [0.717, 1.165) is 24.3 Å². The van der Waals surface area contributed by atoms with Gasteiger partial charge in [-0.3, -0.25) is 9.36 Å². The van der Waals surface area contributed by atoms with Crippen molar-refractivity contribution in [3.8, 4) is 11.4 Å². The van der Waals surface area contributed by atoms with Crippen LogP contribution in [0.25, 0.3) is 5.69 Å². The number of benzene rings is 3. The number of aryl methyl sites for hydroxylation is 2. The quantitative estimate of drug-likeness (QED) is 0.213. The summed E-state index contributed by atoms with van der Waals surface area (Å²) in [5.41, 5.74) is 4.36. The van der Waals surface area contributed by atoms with E-state index < -0.39 is 0 Å². The number of nitrogens with zero attached hydrogens (tertiary/aromatic N) is 3. The number of carbonyl (C=O) groups is 1. The van der Waals surface area contributed by atoms with E-state index in [1.807, 2.05) is 41.0 Å². The van der Waals surface area contributed by atoms with Crippen LogP contribution in [0.3, 0.4) is 0 Å². The summed E-state index contributed by atoms with van der Waals surface area (Å²) >= 11 is 7.30. The number of hydrogen-bond donors (Lipinski definition) is 0. The van der Waals surface area contributed by atoms with E-state index in [1.54, 1.807) is 24.3 Å². The normalized spacial score (nSPS) is 12.9. The molecule has 0 N–H and O–H groups in total. The Morgan fingerprint density at radius 3 is 2.50 bits per heavy atom. The van der Waals surface area contributed by atoms with Crippen LogP contribution in [0.4, 0.5) is 0 Å². The van der Waals surface area contributed by atoms with E-state index in [0.29, 0.717) is 21.6 Å². The summed E-state index contributed by atoms with van der Waals surface area (Å²) in [7, 11) is 0. The van der Waals surface area contributed by atoms with E-state index in [-0.39, 0.29) is 18.1 Å². The highest BCUT2D eigenvalue weighted by atomic mass is 35.5. The zero-order valence-corrected chi connectivity index (χ0v) is 20.2. The van der Waals surface area contributed by atoms with Crippen molar-refractivity contribution in [3.05, 3.63) is 100 Å². The molecule has 5 nitrogen and oxygen atoms in total. The molecule has 0 saturated carbocycles. The molecule has 0 atom stereocenters. The summed E-state index contributed by atoms with van der Waals surface area (Å²) in [6.45, 7) is 0.284. The smallest absolute Gasteiger partial charge is 0.196 e. The molecular weight excluding hydrogens is 466 g/mol. The van der Waals surface area contributed by atoms with Crippen LogP contribution in [0, 0.1) is 0 Å². The lowest BCUT2D eigenvalue weighted by Gasteiger charge is -2.17. The van der Waals surface area contributed by atoms with Crippen molar-refractivity contribution < 1.29 is 9.53 Å². The monoisotopic (exact) mass is 489 g/mol. The summed E-state index contributed by atoms with van der Waals surface area (Å²) in [5.74, 6) is 1.79. The van der Waals surface area contributed by atoms with Crippen LogP contribution >= 0.6 is 23.4 Å². The van der Waals surface area contributed by atoms with Gasteiger partial charge in [-0.15, -0.1) is 10.2 Å². The molecule has 7 heteroatoms. The number of hydrogen-bond acceptors (Lipinski definition) is 5. The highest BCUT2D eigenvalue weighted by Crippen LogP contribution is 2.27. The van der Waals surface area contributed by atoms with Gasteiger partial charge in [-0.1, -0.05) is 47.6 Å². The molecule has 0 fully saturated rings. The highest BCUT2D eigenvalue weighted by Gasteiger charge is 2.17. The molecule has 4 aromatic rings. The van der Waals surface area contributed by atoms with Crippen molar-refractivity contribution in [1.82, 2.24) is 14.8 Å². The highest BCUT2D eigenvalue weighted by molar-refractivity contribution is 7.99. The number of ether oxygens (including phenoxy) is 1. The maximum atomic E-state index is 12.7. The molecule has 0 unspecified atom stereocenters. The van der Waals surface area contributed by atoms with E-state index in [2.05, 4.69) is 22.3 Å². The summed E-state index contributed by atoms with van der Waals surface area (Å²) in [6, 6.07) is 23.2. The minimum absolute atomic E-state index is 0.0103. The molecule has 1 aliphatic rings. The molecule has 0 saturated heterocycles. The Bertz CT molecular complexity index is 1290. The zero-order valence-electron chi connectivity index (χ0n) is 18.6. The molecular formula is C27H24ClN3O2S. The first-order valence-electron chi connectivity index (χ1n) is 11.3. The SMILES string of the molecule is O=C(CSc1nnc(COc2ccc3c(c2)CCCC3)n1-c1ccccc1)c1ccc(Cl)cc1. The fourth-order valence-electron chi connectivity index (χ4n) is 4.12. The van der Waals surface area contributed by atoms with Crippen LogP contribution in [-0.4, -0.2) is 26.3 Å². The number of carbonyl (C=O) groups excluding carboxylic acids is 1. The van der Waals surface area contributed by atoms with Gasteiger partial charge in [0.15, 0.2) is 16.8 Å². The maximum Gasteiger partial charge on any atom is 0.196 e. The predicted molar refractivity (Wildman–Crippen MR) is 135 cm³/mol. The van der Waals surface area contributed by atoms with E-state index in [4.69, 9.17) is 16.3 Å². The number of rotatable bonds is 8. The lowest BCUT2D eigenvalue weighted by atomic mass is 9.92. The van der Waals surface area contributed by atoms with Gasteiger partial charge in [0.05, 0.1) is 5.75 Å². The Hall–Kier alpha value is -3.09. The van der Waals surface area contributed by atoms with Crippen molar-refractivity contribution in [3.63, 3.8) is 0 Å². The van der Waals surface area contributed by atoms with Crippen molar-refractivity contribution in [2.75, 3.05) is 5.75 Å². The van der Waals surface area contributed by atoms with Gasteiger partial charge in [-0.05, 0) is 85.3 Å². The van der Waals surface area contributed by atoms with Crippen LogP contribution in [0.1, 0.15) is 40.2 Å². The lowest BCUT2D eigenvalue weighted by molar-refractivity contribution is 0.102. The van der Waals surface area contributed by atoms with Crippen LogP contribution < -0.4 is 4.74 Å². The lowest BCUT2D eigenvalue weighted by Crippen LogP contribution is -2.08. The molecule has 0 bridgehead atoms. The number of fused-ring (bicyclic) bond motifs is 1. The average molecular weight is 490 g/mol. The topological polar surface area (TPSA) is 57.0 Å². The van der Waals surface area contributed by atoms with Crippen molar-refractivity contribution >= 4 is 29.1 Å². The van der Waals surface area contributed by atoms with E-state index in [1.165, 1.54) is 35.7 Å². The molecule has 0 amide bonds. The molecule has 0 aliphatic heterocycles. The third kappa shape index (κ3) is 5.18. The number of aromatic nitrogens is 3. The third-order valence-electron chi connectivity index (χ3n) is 5.90. The molecule has 5 rings (SSSR count). The number of ketones is 1. The molecule has 34 heavy (non-hydrogen) atoms. The first-order valence-corrected chi connectivity index (χ1v) is 12.7. The second-order valence-corrected chi connectivity index (χ2v) is 9.59. The molecule has 1 heterocycles. The minimum atomic E-state index is 0.0103. The summed E-state index contributed by atoms with van der Waals surface area (Å²) in [6.07, 6.45) is 4.74. The van der Waals surface area contributed by atoms with E-state index in [9.17, 15) is 4.79 Å². The maximum absolute atomic E-state index is 12.7. The van der Waals surface area contributed by atoms with Crippen LogP contribution in [0.15, 0.2) is 78.0 Å². The van der Waals surface area contributed by atoms with Gasteiger partial charge in [-0.25, -0.2) is 0 Å². The molecule has 0 spiro atoms. The van der Waals surface area contributed by atoms with Crippen LogP contribution in [-0.2, 0) is 19.4 Å². The molecule has 172 valence electrons. The van der Waals surface area contributed by atoms with Crippen molar-refractivity contribution in [2.24, 2.45) is 0 Å². The van der Waals surface area contributed by atoms with Crippen LogP contribution in [0.5, 0.6) is 5.75 Å². The second-order valence-electron chi connectivity index (χ2n) is 8.21. The molecule has 1 aliphatic carbocycles. The van der Waals surface area contributed by atoms with Gasteiger partial charge >= 0.3 is 0 Å². The van der Waals surface area contributed by atoms with Gasteiger partial charge in [0.25, 0.3) is 0 Å². The van der Waals surface area contributed by atoms with Gasteiger partial charge in [0.1, 0.15) is 12.4 Å². The first-order chi connectivity index (χ1) is 16.7. The molecule has 3 aromatic carbocycles. The summed E-state index contributed by atoms with van der Waals surface area (Å²) < 4.78 is 8.08. The Morgan fingerprint density at radius 2 is 1.71 bits per heavy atom. The Kier molecular flexibility index (Phi) is 6.97. The predicted octanol–water partition coefficient (Wildman–Crippen LogP) is 6.35. The number of halogens is 1. The van der Waals surface area contributed by atoms with Gasteiger partial charge in [0, 0.05) is 16.3 Å². The van der Waals surface area contributed by atoms with Gasteiger partial charge in [-0.2, -0.15) is 0 Å². The fraction of sp³-hybridized carbons (Fsp3) is 0.222. The van der Waals surface area contributed by atoms with Gasteiger partial charge in [0.2, 0.25) is 0 Å². The summed E-state index contributed by atoms with van der Waals surface area (Å²) in [5, 5.41) is 10.0. The standard InChI is InChI=1S/C27H24ClN3O2S/c28-22-13-10-20(11-14-22)25(32)18-34-27-30-29-26(31(27)23-8-2-1-3-9-23)17-33-24-15-12-19-6-4-5-7-21(19)16-24/h1-3,8-16H,4-7,17-18H2. The third-order valence-corrected chi connectivity index (χ3v) is 7.08. The largest absolute Gasteiger partial charge is 0.486 e. The zero-order chi connectivity index (χ0) is 23.3. The second kappa shape index (κ2) is 10.5. The Balaban J connectivity index is 1.34. The van der Waals surface area contributed by atoms with Gasteiger partial charge < -0.3 is 4.74 Å². The van der Waals surface area contributed by atoms with Crippen LogP contribution in [0.2, 0.25) is 5.02 Å². The Labute approximate surface area is 208 Å². The average Bonchev–Trinajstić information content (AvgIpc) is 3.29. The number of para-hydroxylation sites is 1. The number of thioether (sulfide) groups is 1. The van der Waals surface area contributed by atoms with E-state index >= 15 is 0 Å². The van der Waals surface area contributed by atoms with Crippen molar-refractivity contribution in [1.29, 1.82) is 0 Å². The number of Topliss-reactive ketones (excluding diaryl/α,β-unsaturated/α-hetero) is 1. The fourth-order valence-corrected chi connectivity index (χ4v) is 5.11. The summed E-state index contributed by atoms with van der Waals surface area (Å²) in [4.78, 5) is 12.7. The minimum Gasteiger partial charge on any atom is -0.486 e. The Morgan fingerprint density at radius 1 is 0.941 bits per heavy atom. The molecule has 0 radical (unpaired) electrons.